The van der Waals surface area contributed by atoms with E-state index in [1.165, 1.54) is 5.56 Å². The van der Waals surface area contributed by atoms with Crippen LogP contribution in [-0.2, 0) is 17.8 Å². The van der Waals surface area contributed by atoms with Gasteiger partial charge in [0.15, 0.2) is 11.8 Å². The summed E-state index contributed by atoms with van der Waals surface area (Å²) in [6.45, 7) is 10.3. The van der Waals surface area contributed by atoms with E-state index in [4.69, 9.17) is 14.5 Å². The van der Waals surface area contributed by atoms with Gasteiger partial charge in [-0.1, -0.05) is 12.1 Å². The smallest absolute Gasteiger partial charge is 0.191 e. The van der Waals surface area contributed by atoms with Gasteiger partial charge in [-0.3, -0.25) is 4.90 Å². The standard InChI is InChI=1S/C21H33N7O2.HI/c1-4-22-21(24-15-20-26-25-16-27(20)5-2)23-14-19(28-10-12-30-13-11-28)17-6-8-18(29-3)9-7-17;/h6-9,16,19H,4-5,10-15H2,1-3H3,(H2,22,23,24);1H. The van der Waals surface area contributed by atoms with Crippen LogP contribution in [0.1, 0.15) is 31.3 Å². The molecule has 1 aromatic carbocycles. The number of nitrogens with zero attached hydrogens (tertiary/aromatic N) is 5. The van der Waals surface area contributed by atoms with Gasteiger partial charge in [-0.15, -0.1) is 34.2 Å². The Hall–Kier alpha value is -1.92. The molecule has 3 rings (SSSR count). The van der Waals surface area contributed by atoms with Crippen LogP contribution in [0.3, 0.4) is 0 Å². The Bertz CT molecular complexity index is 791. The number of benzene rings is 1. The number of nitrogens with one attached hydrogen (secondary N) is 2. The molecule has 0 saturated carbocycles. The van der Waals surface area contributed by atoms with Crippen LogP contribution < -0.4 is 15.4 Å². The minimum Gasteiger partial charge on any atom is -0.497 e. The lowest BCUT2D eigenvalue weighted by Crippen LogP contribution is -2.46. The largest absolute Gasteiger partial charge is 0.497 e. The number of methoxy groups -OCH3 is 1. The molecule has 1 unspecified atom stereocenters. The fourth-order valence-electron chi connectivity index (χ4n) is 3.52. The van der Waals surface area contributed by atoms with E-state index < -0.39 is 0 Å². The number of ether oxygens (including phenoxy) is 2. The summed E-state index contributed by atoms with van der Waals surface area (Å²) >= 11 is 0. The molecule has 0 aliphatic carbocycles. The lowest BCUT2D eigenvalue weighted by Gasteiger charge is -2.35. The van der Waals surface area contributed by atoms with Gasteiger partial charge in [0, 0.05) is 32.7 Å². The fraction of sp³-hybridized carbons (Fsp3) is 0.571. The molecule has 0 amide bonds. The summed E-state index contributed by atoms with van der Waals surface area (Å²) < 4.78 is 12.9. The van der Waals surface area contributed by atoms with Crippen LogP contribution in [0.15, 0.2) is 35.6 Å². The van der Waals surface area contributed by atoms with Crippen molar-refractivity contribution >= 4 is 29.9 Å². The molecular formula is C21H34IN7O2. The van der Waals surface area contributed by atoms with E-state index >= 15 is 0 Å². The predicted molar refractivity (Wildman–Crippen MR) is 132 cm³/mol. The highest BCUT2D eigenvalue weighted by atomic mass is 127. The number of rotatable bonds is 9. The molecule has 1 saturated heterocycles. The van der Waals surface area contributed by atoms with Crippen molar-refractivity contribution in [1.82, 2.24) is 30.3 Å². The van der Waals surface area contributed by atoms with E-state index in [9.17, 15) is 0 Å². The second kappa shape index (κ2) is 13.5. The van der Waals surface area contributed by atoms with Gasteiger partial charge in [0.1, 0.15) is 18.6 Å². The summed E-state index contributed by atoms with van der Waals surface area (Å²) in [5.74, 6) is 2.49. The topological polar surface area (TPSA) is 88.8 Å². The summed E-state index contributed by atoms with van der Waals surface area (Å²) in [4.78, 5) is 7.16. The number of aryl methyl sites for hydroxylation is 1. The second-order valence-corrected chi connectivity index (χ2v) is 7.05. The van der Waals surface area contributed by atoms with E-state index in [2.05, 4.69) is 51.7 Å². The van der Waals surface area contributed by atoms with Crippen molar-refractivity contribution in [2.24, 2.45) is 4.99 Å². The monoisotopic (exact) mass is 543 g/mol. The average molecular weight is 543 g/mol. The van der Waals surface area contributed by atoms with Crippen LogP contribution in [-0.4, -0.2) is 72.1 Å². The number of hydrogen-bond donors (Lipinski definition) is 2. The van der Waals surface area contributed by atoms with Crippen LogP contribution in [0.25, 0.3) is 0 Å². The average Bonchev–Trinajstić information content (AvgIpc) is 3.26. The van der Waals surface area contributed by atoms with Crippen LogP contribution in [0, 0.1) is 0 Å². The second-order valence-electron chi connectivity index (χ2n) is 7.05. The molecule has 2 aromatic rings. The van der Waals surface area contributed by atoms with Crippen molar-refractivity contribution in [2.75, 3.05) is 46.5 Å². The Kier molecular flexibility index (Phi) is 11.0. The molecule has 172 valence electrons. The normalized spacial score (nSPS) is 15.8. The molecule has 1 aromatic heterocycles. The molecule has 1 fully saturated rings. The fourth-order valence-corrected chi connectivity index (χ4v) is 3.52. The molecule has 1 aliphatic rings. The Labute approximate surface area is 201 Å². The number of aliphatic imine (C=N–C) groups is 1. The molecule has 31 heavy (non-hydrogen) atoms. The summed E-state index contributed by atoms with van der Waals surface area (Å²) in [5, 5.41) is 15.0. The molecule has 1 atom stereocenters. The zero-order valence-electron chi connectivity index (χ0n) is 18.6. The highest BCUT2D eigenvalue weighted by Gasteiger charge is 2.23. The van der Waals surface area contributed by atoms with E-state index in [-0.39, 0.29) is 30.0 Å². The zero-order valence-corrected chi connectivity index (χ0v) is 20.9. The Morgan fingerprint density at radius 3 is 2.58 bits per heavy atom. The quantitative estimate of drug-likeness (QED) is 0.285. The van der Waals surface area contributed by atoms with Crippen molar-refractivity contribution < 1.29 is 9.47 Å². The van der Waals surface area contributed by atoms with Gasteiger partial charge < -0.3 is 24.7 Å². The van der Waals surface area contributed by atoms with Crippen molar-refractivity contribution in [3.05, 3.63) is 42.0 Å². The van der Waals surface area contributed by atoms with Gasteiger partial charge in [0.25, 0.3) is 0 Å². The Balaban J connectivity index is 0.00000341. The van der Waals surface area contributed by atoms with Gasteiger partial charge in [0.05, 0.1) is 26.4 Å². The van der Waals surface area contributed by atoms with Crippen LogP contribution in [0.2, 0.25) is 0 Å². The maximum atomic E-state index is 5.55. The van der Waals surface area contributed by atoms with Crippen molar-refractivity contribution in [1.29, 1.82) is 0 Å². The number of aromatic nitrogens is 3. The summed E-state index contributed by atoms with van der Waals surface area (Å²) in [6, 6.07) is 8.50. The highest BCUT2D eigenvalue weighted by Crippen LogP contribution is 2.23. The Morgan fingerprint density at radius 2 is 1.94 bits per heavy atom. The van der Waals surface area contributed by atoms with E-state index in [1.54, 1.807) is 13.4 Å². The summed E-state index contributed by atoms with van der Waals surface area (Å²) in [7, 11) is 1.69. The minimum absolute atomic E-state index is 0. The van der Waals surface area contributed by atoms with E-state index in [1.807, 2.05) is 16.7 Å². The predicted octanol–water partition coefficient (Wildman–Crippen LogP) is 2.05. The van der Waals surface area contributed by atoms with Gasteiger partial charge in [-0.2, -0.15) is 0 Å². The third kappa shape index (κ3) is 7.32. The molecule has 0 radical (unpaired) electrons. The zero-order chi connectivity index (χ0) is 21.2. The molecule has 2 N–H and O–H groups in total. The van der Waals surface area contributed by atoms with Crippen LogP contribution >= 0.6 is 24.0 Å². The van der Waals surface area contributed by atoms with Crippen molar-refractivity contribution in [2.45, 2.75) is 33.0 Å². The maximum Gasteiger partial charge on any atom is 0.191 e. The van der Waals surface area contributed by atoms with E-state index in [0.717, 1.165) is 63.5 Å². The molecule has 0 bridgehead atoms. The van der Waals surface area contributed by atoms with Gasteiger partial charge >= 0.3 is 0 Å². The number of hydrogen-bond acceptors (Lipinski definition) is 6. The van der Waals surface area contributed by atoms with Gasteiger partial charge in [-0.25, -0.2) is 4.99 Å². The van der Waals surface area contributed by atoms with E-state index in [0.29, 0.717) is 6.54 Å². The minimum atomic E-state index is 0. The third-order valence-corrected chi connectivity index (χ3v) is 5.21. The molecule has 2 heterocycles. The molecule has 10 heteroatoms. The lowest BCUT2D eigenvalue weighted by atomic mass is 10.0. The van der Waals surface area contributed by atoms with Crippen LogP contribution in [0.4, 0.5) is 0 Å². The highest BCUT2D eigenvalue weighted by molar-refractivity contribution is 14.0. The van der Waals surface area contributed by atoms with Gasteiger partial charge in [-0.05, 0) is 31.5 Å². The number of guanidine groups is 1. The maximum absolute atomic E-state index is 5.55. The molecular weight excluding hydrogens is 509 g/mol. The van der Waals surface area contributed by atoms with Crippen LogP contribution in [0.5, 0.6) is 5.75 Å². The first-order chi connectivity index (χ1) is 14.7. The SMILES string of the molecule is CCNC(=NCc1nncn1CC)NCC(c1ccc(OC)cc1)N1CCOCC1.I. The van der Waals surface area contributed by atoms with Crippen molar-refractivity contribution in [3.8, 4) is 5.75 Å². The number of halogens is 1. The number of morpholine rings is 1. The first kappa shape index (κ1) is 25.3. The van der Waals surface area contributed by atoms with Crippen molar-refractivity contribution in [3.63, 3.8) is 0 Å². The summed E-state index contributed by atoms with van der Waals surface area (Å²) in [6.07, 6.45) is 1.74. The third-order valence-electron chi connectivity index (χ3n) is 5.21. The summed E-state index contributed by atoms with van der Waals surface area (Å²) in [5.41, 5.74) is 1.24. The lowest BCUT2D eigenvalue weighted by molar-refractivity contribution is 0.0170. The van der Waals surface area contributed by atoms with Gasteiger partial charge in [0.2, 0.25) is 0 Å². The first-order valence-corrected chi connectivity index (χ1v) is 10.6. The first-order valence-electron chi connectivity index (χ1n) is 10.6. The Morgan fingerprint density at radius 1 is 1.19 bits per heavy atom. The molecule has 0 spiro atoms. The molecule has 9 nitrogen and oxygen atoms in total. The molecule has 1 aliphatic heterocycles.